The zero-order valence-corrected chi connectivity index (χ0v) is 18.8. The van der Waals surface area contributed by atoms with Crippen molar-refractivity contribution in [1.82, 2.24) is 0 Å². The van der Waals surface area contributed by atoms with Crippen molar-refractivity contribution < 1.29 is 27.5 Å². The number of carbonyl (C=O) groups excluding carboxylic acids is 3. The normalized spacial score (nSPS) is 14.5. The zero-order valence-electron chi connectivity index (χ0n) is 18.0. The average molecular weight is 464 g/mol. The standard InChI is InChI=1S/C25H21NO6S/c1-3-16-8-11-18(12-9-16)26-24(28)15(2)32-25(29)17-10-13-20-22(14-17)33(30,31)21-7-5-4-6-19(21)23(20)27/h4-15H,3H2,1-2H3,(H,26,28). The first-order chi connectivity index (χ1) is 15.7. The van der Waals surface area contributed by atoms with Gasteiger partial charge < -0.3 is 10.1 Å². The summed E-state index contributed by atoms with van der Waals surface area (Å²) in [4.78, 5) is 37.4. The molecule has 0 saturated heterocycles. The summed E-state index contributed by atoms with van der Waals surface area (Å²) in [6, 6.07) is 17.0. The molecule has 0 aliphatic carbocycles. The van der Waals surface area contributed by atoms with Crippen LogP contribution in [0.4, 0.5) is 5.69 Å². The van der Waals surface area contributed by atoms with Crippen molar-refractivity contribution in [3.8, 4) is 0 Å². The summed E-state index contributed by atoms with van der Waals surface area (Å²) < 4.78 is 31.3. The lowest BCUT2D eigenvalue weighted by molar-refractivity contribution is -0.123. The number of benzene rings is 3. The Balaban J connectivity index is 1.53. The molecule has 0 bridgehead atoms. The highest BCUT2D eigenvalue weighted by molar-refractivity contribution is 7.91. The Morgan fingerprint density at radius 2 is 1.61 bits per heavy atom. The third-order valence-corrected chi connectivity index (χ3v) is 7.31. The summed E-state index contributed by atoms with van der Waals surface area (Å²) in [5, 5.41) is 2.67. The fourth-order valence-corrected chi connectivity index (χ4v) is 5.24. The minimum Gasteiger partial charge on any atom is -0.449 e. The van der Waals surface area contributed by atoms with Crippen LogP contribution < -0.4 is 5.32 Å². The van der Waals surface area contributed by atoms with Gasteiger partial charge in [0, 0.05) is 16.8 Å². The van der Waals surface area contributed by atoms with Gasteiger partial charge in [0.15, 0.2) is 11.9 Å². The molecular formula is C25H21NO6S. The Labute approximate surface area is 191 Å². The summed E-state index contributed by atoms with van der Waals surface area (Å²) in [6.07, 6.45) is -0.256. The fraction of sp³-hybridized carbons (Fsp3) is 0.160. The molecule has 0 radical (unpaired) electrons. The van der Waals surface area contributed by atoms with Crippen molar-refractivity contribution in [2.24, 2.45) is 0 Å². The number of hydrogen-bond donors (Lipinski definition) is 1. The summed E-state index contributed by atoms with van der Waals surface area (Å²) in [6.45, 7) is 3.44. The lowest BCUT2D eigenvalue weighted by atomic mass is 10.0. The number of sulfone groups is 1. The van der Waals surface area contributed by atoms with Crippen LogP contribution in [0.25, 0.3) is 0 Å². The number of hydrogen-bond acceptors (Lipinski definition) is 6. The molecule has 1 unspecified atom stereocenters. The van der Waals surface area contributed by atoms with Gasteiger partial charge in [-0.15, -0.1) is 0 Å². The minimum atomic E-state index is -3.99. The van der Waals surface area contributed by atoms with Gasteiger partial charge in [0.25, 0.3) is 5.91 Å². The fourth-order valence-electron chi connectivity index (χ4n) is 3.56. The molecule has 33 heavy (non-hydrogen) atoms. The van der Waals surface area contributed by atoms with Crippen LogP contribution in [-0.4, -0.2) is 32.2 Å². The molecule has 0 aromatic heterocycles. The molecule has 3 aromatic rings. The van der Waals surface area contributed by atoms with Gasteiger partial charge in [0.2, 0.25) is 9.84 Å². The van der Waals surface area contributed by atoms with E-state index >= 15 is 0 Å². The molecular weight excluding hydrogens is 442 g/mol. The predicted octanol–water partition coefficient (Wildman–Crippen LogP) is 3.81. The number of rotatable bonds is 5. The van der Waals surface area contributed by atoms with Crippen LogP contribution in [0, 0.1) is 0 Å². The molecule has 1 heterocycles. The van der Waals surface area contributed by atoms with Gasteiger partial charge in [-0.25, -0.2) is 13.2 Å². The highest BCUT2D eigenvalue weighted by atomic mass is 32.2. The van der Waals surface area contributed by atoms with Gasteiger partial charge in [-0.05, 0) is 61.4 Å². The maximum atomic E-state index is 13.0. The molecule has 0 fully saturated rings. The Morgan fingerprint density at radius 1 is 0.939 bits per heavy atom. The van der Waals surface area contributed by atoms with Gasteiger partial charge >= 0.3 is 5.97 Å². The lowest BCUT2D eigenvalue weighted by Crippen LogP contribution is -2.30. The van der Waals surface area contributed by atoms with E-state index in [9.17, 15) is 22.8 Å². The topological polar surface area (TPSA) is 107 Å². The van der Waals surface area contributed by atoms with Crippen LogP contribution >= 0.6 is 0 Å². The first-order valence-electron chi connectivity index (χ1n) is 10.4. The van der Waals surface area contributed by atoms with E-state index in [0.717, 1.165) is 18.1 Å². The Hall–Kier alpha value is -3.78. The molecule has 4 rings (SSSR count). The maximum Gasteiger partial charge on any atom is 0.338 e. The van der Waals surface area contributed by atoms with Crippen LogP contribution in [0.3, 0.4) is 0 Å². The van der Waals surface area contributed by atoms with Gasteiger partial charge in [-0.2, -0.15) is 0 Å². The number of aryl methyl sites for hydroxylation is 1. The number of anilines is 1. The molecule has 0 spiro atoms. The molecule has 1 N–H and O–H groups in total. The van der Waals surface area contributed by atoms with Gasteiger partial charge in [-0.1, -0.05) is 31.2 Å². The van der Waals surface area contributed by atoms with Crippen molar-refractivity contribution in [2.75, 3.05) is 5.32 Å². The van der Waals surface area contributed by atoms with Crippen molar-refractivity contribution in [3.05, 3.63) is 89.0 Å². The molecule has 0 saturated carbocycles. The number of ether oxygens (including phenoxy) is 1. The van der Waals surface area contributed by atoms with Crippen LogP contribution in [0.15, 0.2) is 76.5 Å². The van der Waals surface area contributed by atoms with Crippen LogP contribution in [0.5, 0.6) is 0 Å². The molecule has 168 valence electrons. The summed E-state index contributed by atoms with van der Waals surface area (Å²) in [5.74, 6) is -1.83. The van der Waals surface area contributed by atoms with E-state index in [1.165, 1.54) is 37.3 Å². The van der Waals surface area contributed by atoms with E-state index in [1.807, 2.05) is 19.1 Å². The molecule has 1 atom stereocenters. The van der Waals surface area contributed by atoms with Crippen LogP contribution in [0.1, 0.15) is 45.7 Å². The average Bonchev–Trinajstić information content (AvgIpc) is 2.83. The second-order valence-corrected chi connectivity index (χ2v) is 9.51. The number of carbonyl (C=O) groups is 3. The van der Waals surface area contributed by atoms with Crippen LogP contribution in [0.2, 0.25) is 0 Å². The SMILES string of the molecule is CCc1ccc(NC(=O)C(C)OC(=O)c2ccc3c(c2)S(=O)(=O)c2ccccc2C3=O)cc1. The van der Waals surface area contributed by atoms with Crippen molar-refractivity contribution in [2.45, 2.75) is 36.2 Å². The van der Waals surface area contributed by atoms with E-state index in [4.69, 9.17) is 4.74 Å². The third kappa shape index (κ3) is 4.17. The monoisotopic (exact) mass is 463 g/mol. The second kappa shape index (κ2) is 8.63. The molecule has 1 amide bonds. The lowest BCUT2D eigenvalue weighted by Gasteiger charge is -2.19. The maximum absolute atomic E-state index is 13.0. The molecule has 3 aromatic carbocycles. The van der Waals surface area contributed by atoms with Crippen LogP contribution in [-0.2, 0) is 25.8 Å². The Kier molecular flexibility index (Phi) is 5.86. The Morgan fingerprint density at radius 3 is 2.30 bits per heavy atom. The first-order valence-corrected chi connectivity index (χ1v) is 11.8. The van der Waals surface area contributed by atoms with Crippen molar-refractivity contribution in [1.29, 1.82) is 0 Å². The number of esters is 1. The van der Waals surface area contributed by atoms with E-state index in [1.54, 1.807) is 18.2 Å². The van der Waals surface area contributed by atoms with Gasteiger partial charge in [0.05, 0.1) is 15.4 Å². The van der Waals surface area contributed by atoms with Crippen molar-refractivity contribution in [3.63, 3.8) is 0 Å². The Bertz CT molecular complexity index is 1380. The van der Waals surface area contributed by atoms with E-state index in [-0.39, 0.29) is 26.5 Å². The molecule has 7 nitrogen and oxygen atoms in total. The number of fused-ring (bicyclic) bond motifs is 2. The second-order valence-electron chi connectivity index (χ2n) is 7.63. The van der Waals surface area contributed by atoms with E-state index in [2.05, 4.69) is 5.32 Å². The number of amides is 1. The third-order valence-electron chi connectivity index (χ3n) is 5.46. The van der Waals surface area contributed by atoms with Crippen molar-refractivity contribution >= 4 is 33.2 Å². The predicted molar refractivity (Wildman–Crippen MR) is 121 cm³/mol. The zero-order chi connectivity index (χ0) is 23.8. The molecule has 1 aliphatic heterocycles. The summed E-state index contributed by atoms with van der Waals surface area (Å²) in [5.41, 5.74) is 1.70. The smallest absolute Gasteiger partial charge is 0.338 e. The quantitative estimate of drug-likeness (QED) is 0.451. The number of nitrogens with one attached hydrogen (secondary N) is 1. The minimum absolute atomic E-state index is 0.00781. The molecule has 8 heteroatoms. The van der Waals surface area contributed by atoms with E-state index < -0.39 is 33.6 Å². The number of ketones is 1. The largest absolute Gasteiger partial charge is 0.449 e. The highest BCUT2D eigenvalue weighted by Gasteiger charge is 2.35. The van der Waals surface area contributed by atoms with Gasteiger partial charge in [0.1, 0.15) is 0 Å². The summed E-state index contributed by atoms with van der Waals surface area (Å²) >= 11 is 0. The highest BCUT2D eigenvalue weighted by Crippen LogP contribution is 2.34. The molecule has 1 aliphatic rings. The van der Waals surface area contributed by atoms with E-state index in [0.29, 0.717) is 5.69 Å². The summed E-state index contributed by atoms with van der Waals surface area (Å²) in [7, 11) is -3.99. The first kappa shape index (κ1) is 22.4. The van der Waals surface area contributed by atoms with Gasteiger partial charge in [-0.3, -0.25) is 9.59 Å².